The van der Waals surface area contributed by atoms with Crippen molar-refractivity contribution in [3.8, 4) is 0 Å². The summed E-state index contributed by atoms with van der Waals surface area (Å²) in [6.07, 6.45) is 0.904. The average molecular weight is 445 g/mol. The van der Waals surface area contributed by atoms with E-state index in [0.29, 0.717) is 39.1 Å². The third-order valence-corrected chi connectivity index (χ3v) is 7.98. The van der Waals surface area contributed by atoms with E-state index in [-0.39, 0.29) is 33.1 Å². The molecule has 1 aliphatic carbocycles. The minimum absolute atomic E-state index is 0.172. The summed E-state index contributed by atoms with van der Waals surface area (Å²) in [5.41, 5.74) is 0.421. The van der Waals surface area contributed by atoms with Gasteiger partial charge in [0.1, 0.15) is 0 Å². The fourth-order valence-corrected chi connectivity index (χ4v) is 5.73. The number of benzene rings is 1. The van der Waals surface area contributed by atoms with Crippen LogP contribution < -0.4 is 0 Å². The van der Waals surface area contributed by atoms with Gasteiger partial charge in [0, 0.05) is 0 Å². The van der Waals surface area contributed by atoms with Crippen LogP contribution in [0.1, 0.15) is 39.2 Å². The van der Waals surface area contributed by atoms with Crippen molar-refractivity contribution in [3.05, 3.63) is 35.9 Å². The summed E-state index contributed by atoms with van der Waals surface area (Å²) in [7, 11) is -4.03. The van der Waals surface area contributed by atoms with Gasteiger partial charge in [-0.1, -0.05) is 0 Å². The standard InChI is InChI=1S/C21H30BF2NO3.Cr/c1-4-25(5-2)15-21(16-28-22(25,23)24)12-11-20(26)17(3)19(21)14-27-13-18-9-7-6-8-10-18;/h6-10,17,19H,4-5,11-15H2,1-3H3;/t17-,19-,21-;/m0./s1. The Labute approximate surface area is 180 Å². The summed E-state index contributed by atoms with van der Waals surface area (Å²) >= 11 is 2.81. The van der Waals surface area contributed by atoms with Gasteiger partial charge in [0.25, 0.3) is 0 Å². The molecule has 0 bridgehead atoms. The molecule has 3 rings (SSSR count). The molecule has 1 saturated carbocycles. The molecule has 1 aromatic rings. The first-order chi connectivity index (χ1) is 13.7. The van der Waals surface area contributed by atoms with Crippen molar-refractivity contribution in [3.63, 3.8) is 0 Å². The van der Waals surface area contributed by atoms with Gasteiger partial charge in [-0.3, -0.25) is 0 Å². The predicted octanol–water partition coefficient (Wildman–Crippen LogP) is 3.74. The summed E-state index contributed by atoms with van der Waals surface area (Å²) < 4.78 is 41.2. The Bertz CT molecular complexity index is 760. The second-order valence-electron chi connectivity index (χ2n) is 8.49. The molecule has 0 radical (unpaired) electrons. The number of hydrogen-bond acceptors (Lipinski definition) is 3. The Morgan fingerprint density at radius 3 is 2.55 bits per heavy atom. The van der Waals surface area contributed by atoms with Gasteiger partial charge in [-0.25, -0.2) is 0 Å². The molecule has 8 heteroatoms. The topological polar surface area (TPSA) is 35.5 Å². The molecular formula is C21H30BCrF2NO3. The summed E-state index contributed by atoms with van der Waals surface area (Å²) in [6.45, 7) is 7.10. The van der Waals surface area contributed by atoms with E-state index in [9.17, 15) is 13.4 Å². The Kier molecular flexibility index (Phi) is 6.82. The maximum absolute atomic E-state index is 15.0. The van der Waals surface area contributed by atoms with Gasteiger partial charge in [-0.15, -0.1) is 0 Å². The van der Waals surface area contributed by atoms with Crippen LogP contribution in [0, 0.1) is 17.3 Å². The van der Waals surface area contributed by atoms with E-state index in [1.807, 2.05) is 37.3 Å². The van der Waals surface area contributed by atoms with Gasteiger partial charge in [-0.05, 0) is 0 Å². The van der Waals surface area contributed by atoms with Gasteiger partial charge in [0.05, 0.1) is 0 Å². The van der Waals surface area contributed by atoms with Crippen molar-refractivity contribution in [2.45, 2.75) is 40.2 Å². The summed E-state index contributed by atoms with van der Waals surface area (Å²) in [6, 6.07) is 9.82. The van der Waals surface area contributed by atoms with E-state index in [2.05, 4.69) is 15.9 Å². The summed E-state index contributed by atoms with van der Waals surface area (Å²) in [5.74, 6) is -0.293. The van der Waals surface area contributed by atoms with Crippen LogP contribution in [0.3, 0.4) is 0 Å². The van der Waals surface area contributed by atoms with Crippen molar-refractivity contribution in [1.82, 2.24) is 0 Å². The van der Waals surface area contributed by atoms with Crippen LogP contribution in [0.15, 0.2) is 30.3 Å². The van der Waals surface area contributed by atoms with E-state index in [4.69, 9.17) is 9.39 Å². The number of hydrogen-bond donors (Lipinski definition) is 0. The predicted molar refractivity (Wildman–Crippen MR) is 106 cm³/mol. The molecule has 160 valence electrons. The van der Waals surface area contributed by atoms with E-state index in [1.54, 1.807) is 13.8 Å². The van der Waals surface area contributed by atoms with E-state index in [0.717, 1.165) is 5.56 Å². The van der Waals surface area contributed by atoms with Gasteiger partial charge in [0.2, 0.25) is 0 Å². The molecule has 3 atom stereocenters. The Morgan fingerprint density at radius 2 is 1.93 bits per heavy atom. The van der Waals surface area contributed by atoms with Crippen molar-refractivity contribution in [2.75, 3.05) is 26.2 Å². The number of rotatable bonds is 6. The number of carbonyl (C=O) groups is 1. The second-order valence-corrected chi connectivity index (χ2v) is 9.07. The number of carbonyl (C=O) groups excluding carboxylic acids is 1. The number of quaternary nitrogens is 1. The molecule has 1 heterocycles. The molecule has 1 aromatic carbocycles. The molecule has 0 N–H and O–H groups in total. The number of halogens is 2. The molecule has 2 fully saturated rings. The molecule has 0 amide bonds. The third kappa shape index (κ3) is 4.03. The fraction of sp³-hybridized carbons (Fsp3) is 0.619. The van der Waals surface area contributed by atoms with Crippen molar-refractivity contribution >= 4 is 17.4 Å². The Balaban J connectivity index is 1.88. The number of Topliss-reactive ketones (excluding diaryl/α,β-unsaturated/α-hetero) is 1. The monoisotopic (exact) mass is 445 g/mol. The van der Waals surface area contributed by atoms with Gasteiger partial charge in [0.15, 0.2) is 0 Å². The van der Waals surface area contributed by atoms with E-state index >= 15 is 0 Å². The maximum atomic E-state index is 15.0. The first kappa shape index (κ1) is 22.8. The zero-order valence-electron chi connectivity index (χ0n) is 17.4. The SMILES string of the molecule is CC[N+]1(CC)C[C@@]2(CCC(=O)[C@@H](C)[C@@H]2COCc2ccccc2)[C](=[Cr])O[B-]1(F)F. The van der Waals surface area contributed by atoms with Crippen LogP contribution in [0.25, 0.3) is 0 Å². The van der Waals surface area contributed by atoms with Crippen molar-refractivity contribution < 1.29 is 43.1 Å². The zero-order chi connectivity index (χ0) is 21.3. The van der Waals surface area contributed by atoms with Crippen LogP contribution in [0.4, 0.5) is 8.63 Å². The quantitative estimate of drug-likeness (QED) is 0.626. The molecule has 1 saturated heterocycles. The summed E-state index contributed by atoms with van der Waals surface area (Å²) in [4.78, 5) is 12.5. The first-order valence-corrected chi connectivity index (χ1v) is 11.1. The first-order valence-electron chi connectivity index (χ1n) is 10.5. The molecule has 1 aliphatic heterocycles. The minimum atomic E-state index is -4.03. The molecule has 29 heavy (non-hydrogen) atoms. The summed E-state index contributed by atoms with van der Waals surface area (Å²) in [5, 5.41) is 0. The number of ketones is 1. The number of nitrogens with zero attached hydrogens (tertiary/aromatic N) is 1. The van der Waals surface area contributed by atoms with Gasteiger partial charge in [-0.2, -0.15) is 0 Å². The fourth-order valence-electron chi connectivity index (χ4n) is 5.06. The molecule has 0 unspecified atom stereocenters. The molecule has 1 spiro atoms. The van der Waals surface area contributed by atoms with E-state index < -0.39 is 12.5 Å². The van der Waals surface area contributed by atoms with Gasteiger partial charge >= 0.3 is 180 Å². The second kappa shape index (κ2) is 8.68. The third-order valence-electron chi connectivity index (χ3n) is 7.20. The van der Waals surface area contributed by atoms with E-state index in [1.165, 1.54) is 0 Å². The van der Waals surface area contributed by atoms with Crippen LogP contribution in [0.2, 0.25) is 0 Å². The molecular weight excluding hydrogens is 415 g/mol. The van der Waals surface area contributed by atoms with Crippen LogP contribution >= 0.6 is 0 Å². The molecule has 4 nitrogen and oxygen atoms in total. The number of ether oxygens (including phenoxy) is 1. The van der Waals surface area contributed by atoms with Gasteiger partial charge < -0.3 is 0 Å². The average Bonchev–Trinajstić information content (AvgIpc) is 2.70. The van der Waals surface area contributed by atoms with Crippen molar-refractivity contribution in [1.29, 1.82) is 0 Å². The van der Waals surface area contributed by atoms with Crippen LogP contribution in [0.5, 0.6) is 0 Å². The van der Waals surface area contributed by atoms with Crippen LogP contribution in [-0.2, 0) is 36.6 Å². The zero-order valence-corrected chi connectivity index (χ0v) is 18.7. The van der Waals surface area contributed by atoms with Crippen molar-refractivity contribution in [2.24, 2.45) is 17.3 Å². The van der Waals surface area contributed by atoms with Crippen LogP contribution in [-0.4, -0.2) is 48.0 Å². The molecule has 2 aliphatic rings. The Morgan fingerprint density at radius 1 is 1.28 bits per heavy atom. The molecule has 0 aromatic heterocycles. The Hall–Kier alpha value is -0.903. The normalized spacial score (nSPS) is 31.2.